The maximum Gasteiger partial charge on any atom is 0.268 e. The Labute approximate surface area is 143 Å². The highest BCUT2D eigenvalue weighted by atomic mass is 32.1. The molecular formula is C17H19N3O3S. The van der Waals surface area contributed by atoms with E-state index in [-0.39, 0.29) is 6.10 Å². The number of aromatic nitrogens is 2. The summed E-state index contributed by atoms with van der Waals surface area (Å²) in [5, 5.41) is 9.25. The standard InChI is InChI=1S/C17H19N3O3S/c1-2-8-21-13(4-1)14-7-6-12(22-14)10-18-11-16-19-17(23-20-16)15-5-3-9-24-15/h3,5-7,9,13,18H,1-2,4,8,10-11H2. The molecule has 1 fully saturated rings. The third-order valence-electron chi connectivity index (χ3n) is 3.96. The van der Waals surface area contributed by atoms with Crippen LogP contribution in [-0.4, -0.2) is 16.7 Å². The maximum absolute atomic E-state index is 5.88. The van der Waals surface area contributed by atoms with E-state index in [1.54, 1.807) is 11.3 Å². The topological polar surface area (TPSA) is 73.3 Å². The summed E-state index contributed by atoms with van der Waals surface area (Å²) in [7, 11) is 0. The van der Waals surface area contributed by atoms with Gasteiger partial charge in [-0.05, 0) is 42.8 Å². The van der Waals surface area contributed by atoms with E-state index >= 15 is 0 Å². The Morgan fingerprint density at radius 2 is 2.21 bits per heavy atom. The zero-order valence-electron chi connectivity index (χ0n) is 13.2. The smallest absolute Gasteiger partial charge is 0.268 e. The van der Waals surface area contributed by atoms with Crippen LogP contribution < -0.4 is 5.32 Å². The molecule has 0 saturated carbocycles. The average molecular weight is 345 g/mol. The van der Waals surface area contributed by atoms with Crippen molar-refractivity contribution in [3.8, 4) is 10.8 Å². The molecular weight excluding hydrogens is 326 g/mol. The Hall–Kier alpha value is -1.96. The van der Waals surface area contributed by atoms with Gasteiger partial charge in [0.25, 0.3) is 5.89 Å². The first-order valence-corrected chi connectivity index (χ1v) is 9.04. The minimum absolute atomic E-state index is 0.109. The summed E-state index contributed by atoms with van der Waals surface area (Å²) in [6.07, 6.45) is 3.49. The van der Waals surface area contributed by atoms with Crippen molar-refractivity contribution in [2.75, 3.05) is 6.61 Å². The average Bonchev–Trinajstić information content (AvgIpc) is 3.37. The monoisotopic (exact) mass is 345 g/mol. The molecule has 1 unspecified atom stereocenters. The highest BCUT2D eigenvalue weighted by Crippen LogP contribution is 2.29. The van der Waals surface area contributed by atoms with Gasteiger partial charge in [-0.1, -0.05) is 11.2 Å². The second-order valence-electron chi connectivity index (χ2n) is 5.76. The van der Waals surface area contributed by atoms with Crippen molar-refractivity contribution in [3.63, 3.8) is 0 Å². The summed E-state index contributed by atoms with van der Waals surface area (Å²) in [4.78, 5) is 5.37. The molecule has 0 amide bonds. The molecule has 1 aliphatic rings. The zero-order valence-corrected chi connectivity index (χ0v) is 14.1. The minimum atomic E-state index is 0.109. The third-order valence-corrected chi connectivity index (χ3v) is 4.82. The Kier molecular flexibility index (Phi) is 4.73. The van der Waals surface area contributed by atoms with Gasteiger partial charge >= 0.3 is 0 Å². The van der Waals surface area contributed by atoms with Gasteiger partial charge in [0.2, 0.25) is 0 Å². The Bertz CT molecular complexity index is 760. The van der Waals surface area contributed by atoms with E-state index in [0.29, 0.717) is 24.8 Å². The number of rotatable bonds is 6. The van der Waals surface area contributed by atoms with Gasteiger partial charge in [0, 0.05) is 6.61 Å². The van der Waals surface area contributed by atoms with Crippen LogP contribution in [0.25, 0.3) is 10.8 Å². The fourth-order valence-electron chi connectivity index (χ4n) is 2.75. The highest BCUT2D eigenvalue weighted by Gasteiger charge is 2.19. The van der Waals surface area contributed by atoms with Gasteiger partial charge in [-0.3, -0.25) is 0 Å². The van der Waals surface area contributed by atoms with Crippen LogP contribution >= 0.6 is 11.3 Å². The molecule has 1 aliphatic heterocycles. The van der Waals surface area contributed by atoms with E-state index in [0.717, 1.165) is 35.8 Å². The molecule has 1 N–H and O–H groups in total. The van der Waals surface area contributed by atoms with E-state index in [2.05, 4.69) is 15.5 Å². The van der Waals surface area contributed by atoms with Crippen molar-refractivity contribution in [1.82, 2.24) is 15.5 Å². The molecule has 0 radical (unpaired) electrons. The first-order valence-electron chi connectivity index (χ1n) is 8.16. The van der Waals surface area contributed by atoms with Crippen LogP contribution in [0.1, 0.15) is 42.7 Å². The van der Waals surface area contributed by atoms with Gasteiger partial charge in [0.15, 0.2) is 5.82 Å². The molecule has 1 saturated heterocycles. The number of nitrogens with zero attached hydrogens (tertiary/aromatic N) is 2. The maximum atomic E-state index is 5.88. The van der Waals surface area contributed by atoms with Gasteiger partial charge in [0.05, 0.1) is 18.0 Å². The Balaban J connectivity index is 1.29. The SMILES string of the molecule is c1csc(-c2nc(CNCc3ccc(C4CCCCO4)o3)no2)c1. The number of hydrogen-bond acceptors (Lipinski definition) is 7. The Morgan fingerprint density at radius 1 is 1.21 bits per heavy atom. The molecule has 3 aromatic heterocycles. The molecule has 0 bridgehead atoms. The summed E-state index contributed by atoms with van der Waals surface area (Å²) < 4.78 is 16.9. The molecule has 3 aromatic rings. The summed E-state index contributed by atoms with van der Waals surface area (Å²) in [5.41, 5.74) is 0. The van der Waals surface area contributed by atoms with Gasteiger partial charge in [0.1, 0.15) is 17.6 Å². The number of thiophene rings is 1. The molecule has 126 valence electrons. The van der Waals surface area contributed by atoms with Crippen LogP contribution in [0.5, 0.6) is 0 Å². The van der Waals surface area contributed by atoms with Gasteiger partial charge < -0.3 is 19.0 Å². The predicted octanol–water partition coefficient (Wildman–Crippen LogP) is 3.92. The third kappa shape index (κ3) is 3.58. The lowest BCUT2D eigenvalue weighted by atomic mass is 10.1. The number of nitrogens with one attached hydrogen (secondary N) is 1. The molecule has 1 atom stereocenters. The van der Waals surface area contributed by atoms with E-state index in [1.165, 1.54) is 6.42 Å². The molecule has 0 aromatic carbocycles. The number of furan rings is 1. The zero-order chi connectivity index (χ0) is 16.2. The normalized spacial score (nSPS) is 18.1. The molecule has 0 spiro atoms. The van der Waals surface area contributed by atoms with E-state index in [4.69, 9.17) is 13.7 Å². The first-order chi connectivity index (χ1) is 11.9. The fraction of sp³-hybridized carbons (Fsp3) is 0.412. The lowest BCUT2D eigenvalue weighted by molar-refractivity contribution is 0.00122. The Morgan fingerprint density at radius 3 is 3.04 bits per heavy atom. The van der Waals surface area contributed by atoms with E-state index < -0.39 is 0 Å². The van der Waals surface area contributed by atoms with E-state index in [9.17, 15) is 0 Å². The van der Waals surface area contributed by atoms with Crippen molar-refractivity contribution >= 4 is 11.3 Å². The molecule has 4 heterocycles. The van der Waals surface area contributed by atoms with E-state index in [1.807, 2.05) is 29.6 Å². The van der Waals surface area contributed by atoms with Crippen LogP contribution in [0.15, 0.2) is 38.6 Å². The van der Waals surface area contributed by atoms with Crippen LogP contribution in [0, 0.1) is 0 Å². The predicted molar refractivity (Wildman–Crippen MR) is 89.4 cm³/mol. The van der Waals surface area contributed by atoms with Crippen molar-refractivity contribution in [3.05, 3.63) is 47.0 Å². The van der Waals surface area contributed by atoms with Crippen LogP contribution in [0.4, 0.5) is 0 Å². The molecule has 4 rings (SSSR count). The summed E-state index contributed by atoms with van der Waals surface area (Å²) >= 11 is 1.58. The fourth-order valence-corrected chi connectivity index (χ4v) is 3.40. The lowest BCUT2D eigenvalue weighted by Gasteiger charge is -2.20. The molecule has 0 aliphatic carbocycles. The first kappa shape index (κ1) is 15.6. The van der Waals surface area contributed by atoms with Gasteiger partial charge in [-0.25, -0.2) is 0 Å². The summed E-state index contributed by atoms with van der Waals surface area (Å²) in [6, 6.07) is 7.93. The minimum Gasteiger partial charge on any atom is -0.462 e. The second kappa shape index (κ2) is 7.29. The number of hydrogen-bond donors (Lipinski definition) is 1. The van der Waals surface area contributed by atoms with Crippen molar-refractivity contribution < 1.29 is 13.7 Å². The molecule has 6 nitrogen and oxygen atoms in total. The lowest BCUT2D eigenvalue weighted by Crippen LogP contribution is -2.13. The van der Waals surface area contributed by atoms with Crippen molar-refractivity contribution in [2.45, 2.75) is 38.5 Å². The second-order valence-corrected chi connectivity index (χ2v) is 6.70. The van der Waals surface area contributed by atoms with Crippen molar-refractivity contribution in [1.29, 1.82) is 0 Å². The van der Waals surface area contributed by atoms with Gasteiger partial charge in [-0.15, -0.1) is 11.3 Å². The number of ether oxygens (including phenoxy) is 1. The summed E-state index contributed by atoms with van der Waals surface area (Å²) in [5.74, 6) is 3.02. The van der Waals surface area contributed by atoms with Crippen LogP contribution in [0.3, 0.4) is 0 Å². The van der Waals surface area contributed by atoms with Crippen LogP contribution in [0.2, 0.25) is 0 Å². The quantitative estimate of drug-likeness (QED) is 0.730. The highest BCUT2D eigenvalue weighted by molar-refractivity contribution is 7.13. The van der Waals surface area contributed by atoms with Crippen molar-refractivity contribution in [2.24, 2.45) is 0 Å². The largest absolute Gasteiger partial charge is 0.462 e. The summed E-state index contributed by atoms with van der Waals surface area (Å²) in [6.45, 7) is 1.98. The molecule has 24 heavy (non-hydrogen) atoms. The molecule has 7 heteroatoms. The van der Waals surface area contributed by atoms with Gasteiger partial charge in [-0.2, -0.15) is 4.98 Å². The van der Waals surface area contributed by atoms with Crippen LogP contribution in [-0.2, 0) is 17.8 Å².